The van der Waals surface area contributed by atoms with Gasteiger partial charge in [-0.25, -0.2) is 0 Å². The monoisotopic (exact) mass is 453 g/mol. The van der Waals surface area contributed by atoms with Crippen molar-refractivity contribution in [2.75, 3.05) is 17.2 Å². The van der Waals surface area contributed by atoms with Crippen molar-refractivity contribution in [3.8, 4) is 18.4 Å². The molecule has 0 saturated heterocycles. The molecule has 0 aliphatic carbocycles. The summed E-state index contributed by atoms with van der Waals surface area (Å²) in [4.78, 5) is 36.9. The van der Waals surface area contributed by atoms with Gasteiger partial charge in [0.15, 0.2) is 5.57 Å². The highest BCUT2D eigenvalue weighted by Gasteiger charge is 2.23. The second-order valence-corrected chi connectivity index (χ2v) is 8.11. The van der Waals surface area contributed by atoms with Gasteiger partial charge in [0.05, 0.1) is 6.54 Å². The fourth-order valence-corrected chi connectivity index (χ4v) is 3.61. The summed E-state index contributed by atoms with van der Waals surface area (Å²) in [6.45, 7) is 4.73. The van der Waals surface area contributed by atoms with E-state index in [4.69, 9.17) is 6.42 Å². The molecule has 2 amide bonds. The molecular weight excluding hydrogens is 430 g/mol. The molecule has 2 aromatic rings. The van der Waals surface area contributed by atoms with Gasteiger partial charge in [0.1, 0.15) is 20.9 Å². The van der Waals surface area contributed by atoms with E-state index < -0.39 is 17.4 Å². The minimum atomic E-state index is -1.53. The van der Waals surface area contributed by atoms with Crippen molar-refractivity contribution in [2.45, 2.75) is 32.9 Å². The summed E-state index contributed by atoms with van der Waals surface area (Å²) in [7, 11) is 0. The van der Waals surface area contributed by atoms with Crippen molar-refractivity contribution in [3.05, 3.63) is 43.8 Å². The zero-order chi connectivity index (χ0) is 23.9. The maximum absolute atomic E-state index is 12.8. The van der Waals surface area contributed by atoms with Crippen molar-refractivity contribution >= 4 is 46.3 Å². The van der Waals surface area contributed by atoms with Gasteiger partial charge in [0.25, 0.3) is 17.4 Å². The van der Waals surface area contributed by atoms with Gasteiger partial charge in [-0.05, 0) is 39.0 Å². The van der Waals surface area contributed by atoms with E-state index in [-0.39, 0.29) is 33.4 Å². The number of aliphatic hydroxyl groups is 1. The predicted octanol–water partition coefficient (Wildman–Crippen LogP) is -0.0871. The first-order chi connectivity index (χ1) is 15.1. The van der Waals surface area contributed by atoms with E-state index in [9.17, 15) is 24.8 Å². The van der Waals surface area contributed by atoms with E-state index in [2.05, 4.69) is 21.9 Å². The summed E-state index contributed by atoms with van der Waals surface area (Å²) < 4.78 is 1.85. The van der Waals surface area contributed by atoms with Crippen molar-refractivity contribution in [3.63, 3.8) is 0 Å². The lowest BCUT2D eigenvalue weighted by Gasteiger charge is -2.16. The Morgan fingerprint density at radius 1 is 1.34 bits per heavy atom. The van der Waals surface area contributed by atoms with Crippen LogP contribution in [-0.4, -0.2) is 33.6 Å². The predicted molar refractivity (Wildman–Crippen MR) is 124 cm³/mol. The zero-order valence-corrected chi connectivity index (χ0v) is 18.7. The van der Waals surface area contributed by atoms with Gasteiger partial charge in [-0.3, -0.25) is 19.0 Å². The summed E-state index contributed by atoms with van der Waals surface area (Å²) in [6.07, 6.45) is 6.60. The van der Waals surface area contributed by atoms with E-state index in [0.29, 0.717) is 11.4 Å². The minimum Gasteiger partial charge on any atom is -0.381 e. The number of nitrogens with one attached hydrogen (secondary N) is 3. The molecule has 1 aromatic heterocycles. The van der Waals surface area contributed by atoms with Crippen molar-refractivity contribution < 1.29 is 14.7 Å². The number of nitriles is 1. The van der Waals surface area contributed by atoms with Gasteiger partial charge in [0, 0.05) is 24.1 Å². The third kappa shape index (κ3) is 5.85. The highest BCUT2D eigenvalue weighted by Crippen LogP contribution is 2.16. The molecule has 0 unspecified atom stereocenters. The number of aromatic nitrogens is 1. The first-order valence-corrected chi connectivity index (χ1v) is 10.4. The van der Waals surface area contributed by atoms with Crippen molar-refractivity contribution in [1.82, 2.24) is 9.88 Å². The number of nitrogens with zero attached hydrogens (tertiary/aromatic N) is 2. The Hall–Kier alpha value is -3.86. The average Bonchev–Trinajstić information content (AvgIpc) is 3.05. The molecule has 166 valence electrons. The standard InChI is InChI=1S/C22H23N5O4S/c1-5-10-24-18(28)16(12-23)20-27(6-2)19(29)17(32-20)13-25-14-8-7-9-15(11-14)26-21(30)22(3,4)31/h1,7-9,11,13,25,31H,6,10H2,2-4H3,(H,24,28)(H,26,30)/b17-13+,20-16-. The maximum atomic E-state index is 12.8. The highest BCUT2D eigenvalue weighted by molar-refractivity contribution is 7.07. The summed E-state index contributed by atoms with van der Waals surface area (Å²) in [6, 6.07) is 8.55. The molecule has 10 heteroatoms. The molecule has 9 nitrogen and oxygen atoms in total. The van der Waals surface area contributed by atoms with Crippen LogP contribution in [0.2, 0.25) is 0 Å². The summed E-state index contributed by atoms with van der Waals surface area (Å²) in [5.41, 5.74) is -1.05. The molecule has 4 N–H and O–H groups in total. The molecule has 0 spiro atoms. The largest absolute Gasteiger partial charge is 0.381 e. The van der Waals surface area contributed by atoms with Crippen LogP contribution < -0.4 is 30.7 Å². The van der Waals surface area contributed by atoms with Crippen LogP contribution in [0.15, 0.2) is 29.1 Å². The van der Waals surface area contributed by atoms with Gasteiger partial charge >= 0.3 is 0 Å². The lowest BCUT2D eigenvalue weighted by molar-refractivity contribution is -0.130. The second-order valence-electron chi connectivity index (χ2n) is 7.08. The van der Waals surface area contributed by atoms with Crippen LogP contribution in [0.5, 0.6) is 0 Å². The number of amides is 2. The van der Waals surface area contributed by atoms with E-state index in [0.717, 1.165) is 11.3 Å². The Bertz CT molecular complexity index is 1290. The Morgan fingerprint density at radius 3 is 2.62 bits per heavy atom. The Balaban J connectivity index is 2.42. The number of rotatable bonds is 7. The number of terminal acetylenes is 1. The summed E-state index contributed by atoms with van der Waals surface area (Å²) >= 11 is 1.00. The molecule has 0 atom stereocenters. The van der Waals surface area contributed by atoms with Crippen LogP contribution in [0.1, 0.15) is 20.8 Å². The molecule has 0 aliphatic rings. The molecule has 0 aliphatic heterocycles. The molecule has 0 fully saturated rings. The average molecular weight is 454 g/mol. The molecular formula is C22H23N5O4S. The van der Waals surface area contributed by atoms with Crippen molar-refractivity contribution in [2.24, 2.45) is 0 Å². The van der Waals surface area contributed by atoms with E-state index in [1.54, 1.807) is 31.2 Å². The SMILES string of the molecule is C#CCNC(=O)/C(C#N)=c1\s/c(=C/Nc2cccc(NC(=O)C(C)(C)O)c2)c(=O)n1CC. The van der Waals surface area contributed by atoms with E-state index in [1.165, 1.54) is 24.6 Å². The van der Waals surface area contributed by atoms with Crippen LogP contribution >= 0.6 is 11.3 Å². The first-order valence-electron chi connectivity index (χ1n) is 9.58. The molecule has 1 heterocycles. The molecule has 0 saturated carbocycles. The number of thiazole rings is 1. The van der Waals surface area contributed by atoms with Crippen LogP contribution in [0.25, 0.3) is 11.8 Å². The zero-order valence-electron chi connectivity index (χ0n) is 17.9. The van der Waals surface area contributed by atoms with E-state index >= 15 is 0 Å². The highest BCUT2D eigenvalue weighted by atomic mass is 32.1. The molecule has 2 rings (SSSR count). The molecule has 1 aromatic carbocycles. The third-order valence-corrected chi connectivity index (χ3v) is 5.30. The smallest absolute Gasteiger partial charge is 0.270 e. The van der Waals surface area contributed by atoms with Crippen LogP contribution in [0.4, 0.5) is 11.4 Å². The number of anilines is 2. The van der Waals surface area contributed by atoms with Gasteiger partial charge in [-0.2, -0.15) is 5.26 Å². The quantitative estimate of drug-likeness (QED) is 0.433. The third-order valence-electron chi connectivity index (χ3n) is 4.17. The van der Waals surface area contributed by atoms with Crippen LogP contribution in [0.3, 0.4) is 0 Å². The molecule has 0 radical (unpaired) electrons. The normalized spacial score (nSPS) is 12.4. The van der Waals surface area contributed by atoms with E-state index in [1.807, 2.05) is 6.07 Å². The van der Waals surface area contributed by atoms with Crippen LogP contribution in [-0.2, 0) is 16.1 Å². The minimum absolute atomic E-state index is 0.0351. The summed E-state index contributed by atoms with van der Waals surface area (Å²) in [5.74, 6) is 1.05. The number of hydrogen-bond acceptors (Lipinski definition) is 7. The lowest BCUT2D eigenvalue weighted by atomic mass is 10.1. The summed E-state index contributed by atoms with van der Waals surface area (Å²) in [5, 5.41) is 27.2. The van der Waals surface area contributed by atoms with Gasteiger partial charge in [0.2, 0.25) is 0 Å². The Labute approximate surface area is 188 Å². The first kappa shape index (κ1) is 24.4. The van der Waals surface area contributed by atoms with Crippen molar-refractivity contribution in [1.29, 1.82) is 5.26 Å². The number of hydrogen-bond donors (Lipinski definition) is 4. The number of carbonyl (C=O) groups is 2. The molecule has 32 heavy (non-hydrogen) atoms. The fraction of sp³-hybridized carbons (Fsp3) is 0.273. The maximum Gasteiger partial charge on any atom is 0.270 e. The van der Waals surface area contributed by atoms with Gasteiger partial charge in [-0.15, -0.1) is 17.8 Å². The number of benzene rings is 1. The van der Waals surface area contributed by atoms with Gasteiger partial charge < -0.3 is 21.1 Å². The topological polar surface area (TPSA) is 136 Å². The fourth-order valence-electron chi connectivity index (χ4n) is 2.53. The second kappa shape index (κ2) is 10.4. The molecule has 0 bridgehead atoms. The lowest BCUT2D eigenvalue weighted by Crippen LogP contribution is -2.36. The van der Waals surface area contributed by atoms with Crippen LogP contribution in [0, 0.1) is 23.7 Å². The Morgan fingerprint density at radius 2 is 2.03 bits per heavy atom. The van der Waals surface area contributed by atoms with Gasteiger partial charge in [-0.1, -0.05) is 12.0 Å². The Kier molecular flexibility index (Phi) is 7.97. The number of carbonyl (C=O) groups excluding carboxylic acids is 2.